The molecule has 0 spiro atoms. The van der Waals surface area contributed by atoms with Crippen molar-refractivity contribution < 1.29 is 9.84 Å². The molecule has 0 heterocycles. The maximum absolute atomic E-state index is 8.96. The first-order valence-corrected chi connectivity index (χ1v) is 3.74. The van der Waals surface area contributed by atoms with Gasteiger partial charge in [-0.25, -0.2) is 0 Å². The van der Waals surface area contributed by atoms with E-state index in [1.807, 2.05) is 6.92 Å². The maximum Gasteiger partial charge on any atom is 0.213 e. The molecule has 4 heteroatoms. The van der Waals surface area contributed by atoms with Gasteiger partial charge in [-0.3, -0.25) is 5.41 Å². The van der Waals surface area contributed by atoms with Gasteiger partial charge in [0.05, 0.1) is 6.61 Å². The summed E-state index contributed by atoms with van der Waals surface area (Å²) in [4.78, 5) is 0. The zero-order chi connectivity index (χ0) is 8.97. The van der Waals surface area contributed by atoms with Crippen molar-refractivity contribution in [2.75, 3.05) is 6.61 Å². The van der Waals surface area contributed by atoms with E-state index >= 15 is 0 Å². The van der Waals surface area contributed by atoms with Crippen LogP contribution >= 0.6 is 12.4 Å². The van der Waals surface area contributed by atoms with Gasteiger partial charge in [-0.05, 0) is 31.2 Å². The molecule has 0 aromatic heterocycles. The van der Waals surface area contributed by atoms with Gasteiger partial charge in [-0.2, -0.15) is 0 Å². The van der Waals surface area contributed by atoms with Crippen LogP contribution in [-0.2, 0) is 4.74 Å². The van der Waals surface area contributed by atoms with Crippen LogP contribution in [0.4, 0.5) is 0 Å². The van der Waals surface area contributed by atoms with Crippen molar-refractivity contribution in [3.8, 4) is 5.75 Å². The first kappa shape index (κ1) is 11.8. The average Bonchev–Trinajstić information content (AvgIpc) is 2.06. The Kier molecular flexibility index (Phi) is 4.92. The number of phenols is 1. The van der Waals surface area contributed by atoms with E-state index in [1.54, 1.807) is 12.1 Å². The lowest BCUT2D eigenvalue weighted by molar-refractivity contribution is 0.325. The standard InChI is InChI=1S/C9H11NO2.ClH/c1-2-12-9(10)7-3-5-8(11)6-4-7;/h3-6,10-11H,2H2,1H3;1H. The number of ether oxygens (including phenoxy) is 1. The lowest BCUT2D eigenvalue weighted by Gasteiger charge is -2.03. The number of rotatable bonds is 2. The van der Waals surface area contributed by atoms with Gasteiger partial charge in [0.1, 0.15) is 5.75 Å². The third-order valence-electron chi connectivity index (χ3n) is 1.42. The number of phenolic OH excluding ortho intramolecular Hbond substituents is 1. The van der Waals surface area contributed by atoms with E-state index in [1.165, 1.54) is 12.1 Å². The maximum atomic E-state index is 8.96. The number of aromatic hydroxyl groups is 1. The molecule has 1 aromatic carbocycles. The molecule has 0 fully saturated rings. The summed E-state index contributed by atoms with van der Waals surface area (Å²) in [7, 11) is 0. The Hall–Kier alpha value is -1.22. The Morgan fingerprint density at radius 3 is 2.38 bits per heavy atom. The Labute approximate surface area is 83.3 Å². The molecule has 0 aliphatic rings. The molecule has 0 amide bonds. The van der Waals surface area contributed by atoms with Crippen LogP contribution in [0.25, 0.3) is 0 Å². The number of halogens is 1. The van der Waals surface area contributed by atoms with Crippen LogP contribution in [0.15, 0.2) is 24.3 Å². The second kappa shape index (κ2) is 5.43. The minimum Gasteiger partial charge on any atom is -0.508 e. The van der Waals surface area contributed by atoms with Gasteiger partial charge < -0.3 is 9.84 Å². The van der Waals surface area contributed by atoms with Crippen LogP contribution in [0.5, 0.6) is 5.75 Å². The van der Waals surface area contributed by atoms with E-state index in [4.69, 9.17) is 15.3 Å². The van der Waals surface area contributed by atoms with Gasteiger partial charge in [-0.1, -0.05) is 0 Å². The van der Waals surface area contributed by atoms with Gasteiger partial charge in [-0.15, -0.1) is 12.4 Å². The number of hydrogen-bond donors (Lipinski definition) is 2. The van der Waals surface area contributed by atoms with Crippen molar-refractivity contribution in [2.45, 2.75) is 6.92 Å². The third-order valence-corrected chi connectivity index (χ3v) is 1.42. The molecule has 72 valence electrons. The van der Waals surface area contributed by atoms with Gasteiger partial charge in [0.2, 0.25) is 5.90 Å². The fraction of sp³-hybridized carbons (Fsp3) is 0.222. The largest absolute Gasteiger partial charge is 0.508 e. The molecule has 0 atom stereocenters. The lowest BCUT2D eigenvalue weighted by Crippen LogP contribution is -2.03. The van der Waals surface area contributed by atoms with Crippen molar-refractivity contribution in [3.63, 3.8) is 0 Å². The summed E-state index contributed by atoms with van der Waals surface area (Å²) < 4.78 is 4.97. The highest BCUT2D eigenvalue weighted by molar-refractivity contribution is 5.91. The molecule has 1 rings (SSSR count). The highest BCUT2D eigenvalue weighted by Gasteiger charge is 1.99. The molecular formula is C9H12ClNO2. The molecule has 0 radical (unpaired) electrons. The fourth-order valence-corrected chi connectivity index (χ4v) is 0.840. The smallest absolute Gasteiger partial charge is 0.213 e. The Morgan fingerprint density at radius 2 is 1.92 bits per heavy atom. The van der Waals surface area contributed by atoms with Crippen LogP contribution in [0.2, 0.25) is 0 Å². The second-order valence-electron chi connectivity index (χ2n) is 2.31. The third kappa shape index (κ3) is 3.34. The first-order chi connectivity index (χ1) is 5.74. The van der Waals surface area contributed by atoms with E-state index in [-0.39, 0.29) is 24.1 Å². The Bertz CT molecular complexity index is 271. The van der Waals surface area contributed by atoms with Gasteiger partial charge >= 0.3 is 0 Å². The highest BCUT2D eigenvalue weighted by Crippen LogP contribution is 2.10. The average molecular weight is 202 g/mol. The Morgan fingerprint density at radius 1 is 1.38 bits per heavy atom. The zero-order valence-corrected chi connectivity index (χ0v) is 8.10. The minimum atomic E-state index is 0. The molecule has 0 saturated carbocycles. The van der Waals surface area contributed by atoms with Crippen LogP contribution in [0.3, 0.4) is 0 Å². The van der Waals surface area contributed by atoms with Crippen LogP contribution in [0, 0.1) is 5.41 Å². The number of nitrogens with one attached hydrogen (secondary N) is 1. The lowest BCUT2D eigenvalue weighted by atomic mass is 10.2. The van der Waals surface area contributed by atoms with Crippen molar-refractivity contribution >= 4 is 18.3 Å². The van der Waals surface area contributed by atoms with Crippen LogP contribution < -0.4 is 0 Å². The minimum absolute atomic E-state index is 0. The number of benzene rings is 1. The second-order valence-corrected chi connectivity index (χ2v) is 2.31. The predicted octanol–water partition coefficient (Wildman–Crippen LogP) is 2.18. The molecule has 0 bridgehead atoms. The van der Waals surface area contributed by atoms with Crippen molar-refractivity contribution in [1.82, 2.24) is 0 Å². The van der Waals surface area contributed by atoms with E-state index in [0.717, 1.165) is 0 Å². The van der Waals surface area contributed by atoms with E-state index < -0.39 is 0 Å². The molecule has 2 N–H and O–H groups in total. The molecule has 0 aliphatic carbocycles. The summed E-state index contributed by atoms with van der Waals surface area (Å²) in [5.74, 6) is 0.334. The molecular weight excluding hydrogens is 190 g/mol. The van der Waals surface area contributed by atoms with Crippen molar-refractivity contribution in [2.24, 2.45) is 0 Å². The topological polar surface area (TPSA) is 53.3 Å². The van der Waals surface area contributed by atoms with Crippen LogP contribution in [-0.4, -0.2) is 17.6 Å². The molecule has 3 nitrogen and oxygen atoms in total. The summed E-state index contributed by atoms with van der Waals surface area (Å²) in [5.41, 5.74) is 0.676. The molecule has 0 aliphatic heterocycles. The van der Waals surface area contributed by atoms with Crippen molar-refractivity contribution in [3.05, 3.63) is 29.8 Å². The molecule has 0 unspecified atom stereocenters. The predicted molar refractivity (Wildman–Crippen MR) is 53.8 cm³/mol. The van der Waals surface area contributed by atoms with Crippen LogP contribution in [0.1, 0.15) is 12.5 Å². The van der Waals surface area contributed by atoms with Gasteiger partial charge in [0.15, 0.2) is 0 Å². The quantitative estimate of drug-likeness (QED) is 0.569. The van der Waals surface area contributed by atoms with Crippen molar-refractivity contribution in [1.29, 1.82) is 5.41 Å². The summed E-state index contributed by atoms with van der Waals surface area (Å²) in [6.07, 6.45) is 0. The number of hydrogen-bond acceptors (Lipinski definition) is 3. The monoisotopic (exact) mass is 201 g/mol. The molecule has 13 heavy (non-hydrogen) atoms. The van der Waals surface area contributed by atoms with E-state index in [9.17, 15) is 0 Å². The SMILES string of the molecule is CCOC(=N)c1ccc(O)cc1.Cl. The van der Waals surface area contributed by atoms with Gasteiger partial charge in [0, 0.05) is 5.56 Å². The molecule has 1 aromatic rings. The van der Waals surface area contributed by atoms with E-state index in [2.05, 4.69) is 0 Å². The summed E-state index contributed by atoms with van der Waals surface area (Å²) >= 11 is 0. The summed E-state index contributed by atoms with van der Waals surface area (Å²) in [6, 6.07) is 6.35. The molecule has 0 saturated heterocycles. The van der Waals surface area contributed by atoms with E-state index in [0.29, 0.717) is 12.2 Å². The fourth-order valence-electron chi connectivity index (χ4n) is 0.840. The summed E-state index contributed by atoms with van der Waals surface area (Å²) in [5, 5.41) is 16.4. The zero-order valence-electron chi connectivity index (χ0n) is 7.28. The van der Waals surface area contributed by atoms with Gasteiger partial charge in [0.25, 0.3) is 0 Å². The highest BCUT2D eigenvalue weighted by atomic mass is 35.5. The Balaban J connectivity index is 0.00000144. The summed E-state index contributed by atoms with van der Waals surface area (Å²) in [6.45, 7) is 2.31. The first-order valence-electron chi connectivity index (χ1n) is 3.74. The normalized spacial score (nSPS) is 8.69.